The molecule has 1 saturated heterocycles. The quantitative estimate of drug-likeness (QED) is 0.266. The van der Waals surface area contributed by atoms with Gasteiger partial charge in [-0.15, -0.1) is 0 Å². The first-order chi connectivity index (χ1) is 20.1. The van der Waals surface area contributed by atoms with Crippen molar-refractivity contribution in [1.29, 1.82) is 0 Å². The van der Waals surface area contributed by atoms with Crippen molar-refractivity contribution in [3.05, 3.63) is 113 Å². The number of hydrogen-bond donors (Lipinski definition) is 2. The van der Waals surface area contributed by atoms with E-state index in [2.05, 4.69) is 68.6 Å². The molecular weight excluding hydrogens is 510 g/mol. The van der Waals surface area contributed by atoms with E-state index in [4.69, 9.17) is 4.98 Å². The summed E-state index contributed by atoms with van der Waals surface area (Å²) in [4.78, 5) is 36.7. The Morgan fingerprint density at radius 2 is 1.61 bits per heavy atom. The second kappa shape index (κ2) is 11.8. The fourth-order valence-corrected chi connectivity index (χ4v) is 5.36. The van der Waals surface area contributed by atoms with Crippen molar-refractivity contribution in [2.24, 2.45) is 0 Å². The van der Waals surface area contributed by atoms with Crippen LogP contribution < -0.4 is 15.8 Å². The van der Waals surface area contributed by atoms with Crippen LogP contribution in [0.2, 0.25) is 0 Å². The molecule has 7 heteroatoms. The van der Waals surface area contributed by atoms with Crippen LogP contribution in [0, 0.1) is 0 Å². The number of pyridine rings is 2. The molecule has 5 aromatic rings. The summed E-state index contributed by atoms with van der Waals surface area (Å²) in [6.45, 7) is 6.62. The number of aromatic amines is 1. The number of carbonyl (C=O) groups is 1. The number of nitrogens with zero attached hydrogens (tertiary/aromatic N) is 3. The zero-order chi connectivity index (χ0) is 28.2. The number of benzene rings is 3. The first-order valence-electron chi connectivity index (χ1n) is 14.1. The van der Waals surface area contributed by atoms with Gasteiger partial charge in [0.15, 0.2) is 0 Å². The summed E-state index contributed by atoms with van der Waals surface area (Å²) in [5, 5.41) is 3.50. The Kier molecular flexibility index (Phi) is 7.60. The Morgan fingerprint density at radius 3 is 2.32 bits per heavy atom. The first kappa shape index (κ1) is 26.5. The molecule has 2 N–H and O–H groups in total. The topological polar surface area (TPSA) is 81.3 Å². The van der Waals surface area contributed by atoms with E-state index in [0.29, 0.717) is 17.3 Å². The molecule has 0 bridgehead atoms. The molecule has 0 radical (unpaired) electrons. The van der Waals surface area contributed by atoms with Gasteiger partial charge in [-0.1, -0.05) is 61.5 Å². The lowest BCUT2D eigenvalue weighted by Gasteiger charge is -2.36. The normalized spacial score (nSPS) is 13.8. The van der Waals surface area contributed by atoms with Gasteiger partial charge < -0.3 is 15.2 Å². The highest BCUT2D eigenvalue weighted by Gasteiger charge is 2.18. The number of carbonyl (C=O) groups excluding carboxylic acids is 1. The van der Waals surface area contributed by atoms with Crippen molar-refractivity contribution in [3.8, 4) is 22.4 Å². The molecule has 0 aliphatic carbocycles. The SMILES string of the molecule is CCC(=O)Nc1ccc(N2CCN(Cc3ccc(-c4nc5cc[nH]c(=O)c5cc4-c4ccccc4)cc3)CC2)cc1. The average Bonchev–Trinajstić information content (AvgIpc) is 3.02. The lowest BCUT2D eigenvalue weighted by atomic mass is 9.97. The minimum Gasteiger partial charge on any atom is -0.369 e. The average molecular weight is 544 g/mol. The van der Waals surface area contributed by atoms with Gasteiger partial charge in [0.25, 0.3) is 5.56 Å². The van der Waals surface area contributed by atoms with Crippen LogP contribution in [-0.4, -0.2) is 47.0 Å². The number of nitrogens with one attached hydrogen (secondary N) is 2. The summed E-state index contributed by atoms with van der Waals surface area (Å²) < 4.78 is 0. The largest absolute Gasteiger partial charge is 0.369 e. The second-order valence-electron chi connectivity index (χ2n) is 10.4. The van der Waals surface area contributed by atoms with Gasteiger partial charge in [-0.2, -0.15) is 0 Å². The van der Waals surface area contributed by atoms with Gasteiger partial charge in [0.1, 0.15) is 0 Å². The van der Waals surface area contributed by atoms with Crippen molar-refractivity contribution < 1.29 is 4.79 Å². The van der Waals surface area contributed by atoms with Crippen LogP contribution in [0.3, 0.4) is 0 Å². The molecule has 0 spiro atoms. The number of amides is 1. The second-order valence-corrected chi connectivity index (χ2v) is 10.4. The van der Waals surface area contributed by atoms with Crippen LogP contribution in [0.5, 0.6) is 0 Å². The Balaban J connectivity index is 1.15. The molecule has 206 valence electrons. The molecule has 1 aliphatic heterocycles. The molecule has 7 nitrogen and oxygen atoms in total. The number of piperazine rings is 1. The van der Waals surface area contributed by atoms with Gasteiger partial charge in [0, 0.05) is 67.8 Å². The van der Waals surface area contributed by atoms with Crippen molar-refractivity contribution in [3.63, 3.8) is 0 Å². The molecule has 0 unspecified atom stereocenters. The van der Waals surface area contributed by atoms with Gasteiger partial charge in [-0.3, -0.25) is 14.5 Å². The minimum atomic E-state index is -0.133. The monoisotopic (exact) mass is 543 g/mol. The molecule has 1 fully saturated rings. The zero-order valence-electron chi connectivity index (χ0n) is 23.1. The number of hydrogen-bond acceptors (Lipinski definition) is 5. The zero-order valence-corrected chi connectivity index (χ0v) is 23.1. The Morgan fingerprint density at radius 1 is 0.878 bits per heavy atom. The van der Waals surface area contributed by atoms with Crippen LogP contribution in [0.1, 0.15) is 18.9 Å². The third-order valence-electron chi connectivity index (χ3n) is 7.68. The summed E-state index contributed by atoms with van der Waals surface area (Å²) in [6.07, 6.45) is 2.12. The number of rotatable bonds is 7. The fourth-order valence-electron chi connectivity index (χ4n) is 5.36. The van der Waals surface area contributed by atoms with Crippen LogP contribution in [0.25, 0.3) is 33.3 Å². The molecule has 0 saturated carbocycles. The fraction of sp³-hybridized carbons (Fsp3) is 0.206. The van der Waals surface area contributed by atoms with Gasteiger partial charge in [-0.25, -0.2) is 4.98 Å². The maximum atomic E-state index is 12.5. The summed E-state index contributed by atoms with van der Waals surface area (Å²) in [5.74, 6) is 0.0289. The smallest absolute Gasteiger partial charge is 0.257 e. The van der Waals surface area contributed by atoms with Crippen LogP contribution in [0.4, 0.5) is 11.4 Å². The van der Waals surface area contributed by atoms with E-state index < -0.39 is 0 Å². The van der Waals surface area contributed by atoms with Gasteiger partial charge in [-0.05, 0) is 47.5 Å². The van der Waals surface area contributed by atoms with E-state index in [1.807, 2.05) is 49.4 Å². The molecular formula is C34H33N5O2. The minimum absolute atomic E-state index is 0.0289. The van der Waals surface area contributed by atoms with E-state index in [1.165, 1.54) is 11.3 Å². The molecule has 3 heterocycles. The predicted octanol–water partition coefficient (Wildman–Crippen LogP) is 5.93. The van der Waals surface area contributed by atoms with Crippen molar-refractivity contribution >= 4 is 28.2 Å². The van der Waals surface area contributed by atoms with E-state index in [9.17, 15) is 9.59 Å². The van der Waals surface area contributed by atoms with E-state index in [0.717, 1.165) is 60.8 Å². The Labute approximate surface area is 239 Å². The number of fused-ring (bicyclic) bond motifs is 1. The Hall–Kier alpha value is -4.75. The molecule has 1 aliphatic rings. The maximum Gasteiger partial charge on any atom is 0.257 e. The Bertz CT molecular complexity index is 1710. The highest BCUT2D eigenvalue weighted by molar-refractivity contribution is 5.91. The first-order valence-corrected chi connectivity index (χ1v) is 14.1. The standard InChI is InChI=1S/C34H33N5O2/c1-2-32(40)36-27-12-14-28(15-13-27)39-20-18-38(19-21-39)23-24-8-10-26(11-9-24)33-29(25-6-4-3-5-7-25)22-30-31(37-33)16-17-35-34(30)41/h3-17,22H,2,18-21,23H2,1H3,(H,35,41)(H,36,40). The summed E-state index contributed by atoms with van der Waals surface area (Å²) in [7, 11) is 0. The highest BCUT2D eigenvalue weighted by atomic mass is 16.1. The van der Waals surface area contributed by atoms with Crippen LogP contribution in [-0.2, 0) is 11.3 Å². The van der Waals surface area contributed by atoms with E-state index >= 15 is 0 Å². The van der Waals surface area contributed by atoms with Gasteiger partial charge >= 0.3 is 0 Å². The number of anilines is 2. The van der Waals surface area contributed by atoms with Gasteiger partial charge in [0.2, 0.25) is 5.91 Å². The molecule has 2 aromatic heterocycles. The lowest BCUT2D eigenvalue weighted by Crippen LogP contribution is -2.45. The lowest BCUT2D eigenvalue weighted by molar-refractivity contribution is -0.115. The number of aromatic nitrogens is 2. The number of H-pyrrole nitrogens is 1. The van der Waals surface area contributed by atoms with Gasteiger partial charge in [0.05, 0.1) is 16.6 Å². The summed E-state index contributed by atoms with van der Waals surface area (Å²) in [6, 6.07) is 30.7. The molecule has 3 aromatic carbocycles. The predicted molar refractivity (Wildman–Crippen MR) is 166 cm³/mol. The van der Waals surface area contributed by atoms with Crippen molar-refractivity contribution in [1.82, 2.24) is 14.9 Å². The molecule has 6 rings (SSSR count). The highest BCUT2D eigenvalue weighted by Crippen LogP contribution is 2.33. The van der Waals surface area contributed by atoms with Crippen LogP contribution in [0.15, 0.2) is 102 Å². The molecule has 1 amide bonds. The maximum absolute atomic E-state index is 12.5. The van der Waals surface area contributed by atoms with Crippen LogP contribution >= 0.6 is 0 Å². The van der Waals surface area contributed by atoms with Crippen molar-refractivity contribution in [2.75, 3.05) is 36.4 Å². The third kappa shape index (κ3) is 5.90. The summed E-state index contributed by atoms with van der Waals surface area (Å²) >= 11 is 0. The third-order valence-corrected chi connectivity index (χ3v) is 7.68. The van der Waals surface area contributed by atoms with E-state index in [1.54, 1.807) is 6.20 Å². The summed E-state index contributed by atoms with van der Waals surface area (Å²) in [5.41, 5.74) is 7.71. The van der Waals surface area contributed by atoms with Crippen molar-refractivity contribution in [2.45, 2.75) is 19.9 Å². The van der Waals surface area contributed by atoms with E-state index in [-0.39, 0.29) is 11.5 Å². The molecule has 41 heavy (non-hydrogen) atoms. The molecule has 0 atom stereocenters.